The topological polar surface area (TPSA) is 46.8 Å². The molecule has 2 saturated heterocycles. The number of hydrogen-bond donors (Lipinski definition) is 0. The van der Waals surface area contributed by atoms with E-state index in [0.717, 1.165) is 41.8 Å². The minimum absolute atomic E-state index is 0.251. The van der Waals surface area contributed by atoms with Crippen LogP contribution in [0.25, 0.3) is 0 Å². The Balaban J connectivity index is 1.38. The minimum Gasteiger partial charge on any atom is -0.491 e. The third-order valence-corrected chi connectivity index (χ3v) is 5.16. The van der Waals surface area contributed by atoms with E-state index >= 15 is 0 Å². The molecule has 0 aromatic heterocycles. The van der Waals surface area contributed by atoms with Gasteiger partial charge in [-0.25, -0.2) is 0 Å². The Kier molecular flexibility index (Phi) is 5.30. The van der Waals surface area contributed by atoms with Gasteiger partial charge in [-0.05, 0) is 67.6 Å². The number of benzene rings is 3. The zero-order chi connectivity index (χ0) is 20.3. The highest BCUT2D eigenvalue weighted by Gasteiger charge is 2.24. The number of aryl methyl sites for hydroxylation is 1. The molecule has 0 saturated carbocycles. The Bertz CT molecular complexity index is 902. The van der Waals surface area contributed by atoms with Gasteiger partial charge in [0.1, 0.15) is 36.9 Å². The Morgan fingerprint density at radius 1 is 0.667 bits per heavy atom. The molecule has 2 aliphatic rings. The Morgan fingerprint density at radius 2 is 1.03 bits per heavy atom. The van der Waals surface area contributed by atoms with Crippen molar-refractivity contribution in [3.05, 3.63) is 78.4 Å². The normalized spacial score (nSPS) is 19.2. The molecule has 5 rings (SSSR count). The van der Waals surface area contributed by atoms with E-state index < -0.39 is 0 Å². The van der Waals surface area contributed by atoms with Crippen LogP contribution in [-0.4, -0.2) is 38.6 Å². The Hall–Kier alpha value is -3.02. The van der Waals surface area contributed by atoms with Crippen molar-refractivity contribution in [2.24, 2.45) is 0 Å². The summed E-state index contributed by atoms with van der Waals surface area (Å²) in [7, 11) is 0. The molecule has 3 aromatic rings. The number of anilines is 3. The molecule has 0 N–H and O–H groups in total. The van der Waals surface area contributed by atoms with Gasteiger partial charge in [0, 0.05) is 17.1 Å². The maximum atomic E-state index is 5.79. The maximum Gasteiger partial charge on any atom is 0.119 e. The number of ether oxygens (including phenoxy) is 4. The fraction of sp³-hybridized carbons (Fsp3) is 0.280. The van der Waals surface area contributed by atoms with E-state index in [9.17, 15) is 0 Å². The first kappa shape index (κ1) is 19.0. The summed E-state index contributed by atoms with van der Waals surface area (Å²) in [5.41, 5.74) is 4.46. The molecule has 0 bridgehead atoms. The highest BCUT2D eigenvalue weighted by Crippen LogP contribution is 2.36. The van der Waals surface area contributed by atoms with Gasteiger partial charge in [-0.15, -0.1) is 0 Å². The van der Waals surface area contributed by atoms with Crippen LogP contribution in [0.4, 0.5) is 17.1 Å². The third-order valence-electron chi connectivity index (χ3n) is 5.16. The summed E-state index contributed by atoms with van der Waals surface area (Å²) in [5, 5.41) is 0. The molecular formula is C25H25NO4. The maximum absolute atomic E-state index is 5.79. The SMILES string of the molecule is Cc1ccc(N(c2ccc(OCC3CO3)cc2)c2ccc(OCC3CO3)cc2)cc1. The van der Waals surface area contributed by atoms with E-state index in [2.05, 4.69) is 60.4 Å². The molecule has 154 valence electrons. The average Bonchev–Trinajstić information content (AvgIpc) is 3.69. The van der Waals surface area contributed by atoms with Gasteiger partial charge in [0.15, 0.2) is 0 Å². The number of nitrogens with zero attached hydrogens (tertiary/aromatic N) is 1. The molecule has 2 fully saturated rings. The summed E-state index contributed by atoms with van der Waals surface area (Å²) in [6.07, 6.45) is 0.502. The lowest BCUT2D eigenvalue weighted by Gasteiger charge is -2.26. The van der Waals surface area contributed by atoms with Crippen molar-refractivity contribution in [2.45, 2.75) is 19.1 Å². The Morgan fingerprint density at radius 3 is 1.40 bits per heavy atom. The summed E-state index contributed by atoms with van der Waals surface area (Å²) < 4.78 is 22.0. The van der Waals surface area contributed by atoms with Gasteiger partial charge in [-0.1, -0.05) is 17.7 Å². The fourth-order valence-corrected chi connectivity index (χ4v) is 3.23. The van der Waals surface area contributed by atoms with Gasteiger partial charge < -0.3 is 23.8 Å². The van der Waals surface area contributed by atoms with Crippen molar-refractivity contribution in [1.29, 1.82) is 0 Å². The summed E-state index contributed by atoms with van der Waals surface area (Å²) >= 11 is 0. The summed E-state index contributed by atoms with van der Waals surface area (Å²) in [6, 6.07) is 24.9. The first-order valence-corrected chi connectivity index (χ1v) is 10.3. The monoisotopic (exact) mass is 403 g/mol. The van der Waals surface area contributed by atoms with Crippen LogP contribution in [0.5, 0.6) is 11.5 Å². The lowest BCUT2D eigenvalue weighted by Crippen LogP contribution is -2.10. The molecule has 2 atom stereocenters. The van der Waals surface area contributed by atoms with Crippen LogP contribution in [0.15, 0.2) is 72.8 Å². The van der Waals surface area contributed by atoms with Crippen LogP contribution in [0.2, 0.25) is 0 Å². The molecule has 30 heavy (non-hydrogen) atoms. The van der Waals surface area contributed by atoms with E-state index in [-0.39, 0.29) is 12.2 Å². The predicted octanol–water partition coefficient (Wildman–Crippen LogP) is 5.02. The van der Waals surface area contributed by atoms with E-state index in [1.165, 1.54) is 5.56 Å². The van der Waals surface area contributed by atoms with Gasteiger partial charge in [-0.2, -0.15) is 0 Å². The highest BCUT2D eigenvalue weighted by molar-refractivity contribution is 5.77. The number of epoxide rings is 2. The molecule has 0 radical (unpaired) electrons. The van der Waals surface area contributed by atoms with Crippen molar-refractivity contribution < 1.29 is 18.9 Å². The Labute approximate surface area is 176 Å². The third kappa shape index (κ3) is 4.75. The second-order valence-corrected chi connectivity index (χ2v) is 7.69. The van der Waals surface area contributed by atoms with Crippen molar-refractivity contribution in [3.8, 4) is 11.5 Å². The summed E-state index contributed by atoms with van der Waals surface area (Å²) in [4.78, 5) is 2.22. The zero-order valence-corrected chi connectivity index (χ0v) is 17.0. The zero-order valence-electron chi connectivity index (χ0n) is 17.0. The lowest BCUT2D eigenvalue weighted by molar-refractivity contribution is 0.263. The first-order valence-electron chi connectivity index (χ1n) is 10.3. The molecule has 5 heteroatoms. The lowest BCUT2D eigenvalue weighted by atomic mass is 10.1. The van der Waals surface area contributed by atoms with E-state index in [0.29, 0.717) is 13.2 Å². The van der Waals surface area contributed by atoms with Crippen molar-refractivity contribution in [2.75, 3.05) is 31.3 Å². The molecule has 0 spiro atoms. The van der Waals surface area contributed by atoms with Crippen molar-refractivity contribution >= 4 is 17.1 Å². The number of rotatable bonds is 9. The molecule has 0 amide bonds. The van der Waals surface area contributed by atoms with Crippen LogP contribution in [0.3, 0.4) is 0 Å². The van der Waals surface area contributed by atoms with E-state index in [1.807, 2.05) is 24.3 Å². The first-order chi connectivity index (χ1) is 14.7. The van der Waals surface area contributed by atoms with Crippen LogP contribution in [0.1, 0.15) is 5.56 Å². The van der Waals surface area contributed by atoms with Crippen LogP contribution < -0.4 is 14.4 Å². The smallest absolute Gasteiger partial charge is 0.119 e. The van der Waals surface area contributed by atoms with E-state index in [4.69, 9.17) is 18.9 Å². The van der Waals surface area contributed by atoms with E-state index in [1.54, 1.807) is 0 Å². The molecule has 2 heterocycles. The molecule has 3 aromatic carbocycles. The van der Waals surface area contributed by atoms with Gasteiger partial charge in [0.2, 0.25) is 0 Å². The molecule has 0 aliphatic carbocycles. The van der Waals surface area contributed by atoms with Crippen LogP contribution >= 0.6 is 0 Å². The van der Waals surface area contributed by atoms with Crippen LogP contribution in [0, 0.1) is 6.92 Å². The van der Waals surface area contributed by atoms with Crippen molar-refractivity contribution in [3.63, 3.8) is 0 Å². The largest absolute Gasteiger partial charge is 0.491 e. The quantitative estimate of drug-likeness (QED) is 0.470. The molecule has 2 unspecified atom stereocenters. The standard InChI is InChI=1S/C25H25NO4/c1-18-2-4-19(5-3-18)26(20-6-10-22(11-7-20)27-14-24-16-29-24)21-8-12-23(13-9-21)28-15-25-17-30-25/h2-13,24-25H,14-17H2,1H3. The molecule has 5 nitrogen and oxygen atoms in total. The summed E-state index contributed by atoms with van der Waals surface area (Å²) in [5.74, 6) is 1.70. The van der Waals surface area contributed by atoms with Crippen LogP contribution in [-0.2, 0) is 9.47 Å². The van der Waals surface area contributed by atoms with Gasteiger partial charge >= 0.3 is 0 Å². The highest BCUT2D eigenvalue weighted by atomic mass is 16.6. The molecular weight excluding hydrogens is 378 g/mol. The second-order valence-electron chi connectivity index (χ2n) is 7.69. The minimum atomic E-state index is 0.251. The predicted molar refractivity (Wildman–Crippen MR) is 116 cm³/mol. The van der Waals surface area contributed by atoms with Gasteiger partial charge in [0.05, 0.1) is 13.2 Å². The van der Waals surface area contributed by atoms with Crippen molar-refractivity contribution in [1.82, 2.24) is 0 Å². The second kappa shape index (κ2) is 8.38. The van der Waals surface area contributed by atoms with Gasteiger partial charge in [0.25, 0.3) is 0 Å². The molecule has 2 aliphatic heterocycles. The fourth-order valence-electron chi connectivity index (χ4n) is 3.23. The van der Waals surface area contributed by atoms with Gasteiger partial charge in [-0.3, -0.25) is 0 Å². The summed E-state index contributed by atoms with van der Waals surface area (Å²) in [6.45, 7) is 4.90. The average molecular weight is 403 g/mol. The number of hydrogen-bond acceptors (Lipinski definition) is 5.